The van der Waals surface area contributed by atoms with E-state index >= 15 is 0 Å². The molecule has 3 aromatic heterocycles. The Morgan fingerprint density at radius 1 is 1.31 bits per heavy atom. The normalized spacial score (nSPS) is 25.0. The summed E-state index contributed by atoms with van der Waals surface area (Å²) in [5.41, 5.74) is 6.22. The molecule has 3 aromatic rings. The molecule has 0 saturated carbocycles. The molecule has 4 atom stereocenters. The average molecular weight is 363 g/mol. The van der Waals surface area contributed by atoms with Crippen molar-refractivity contribution in [3.05, 3.63) is 41.6 Å². The molecule has 1 saturated heterocycles. The number of rotatable bonds is 2. The van der Waals surface area contributed by atoms with E-state index in [9.17, 15) is 15.0 Å². The lowest BCUT2D eigenvalue weighted by Gasteiger charge is -2.16. The Bertz CT molecular complexity index is 899. The molecule has 4 rings (SSSR count). The molecule has 138 valence electrons. The number of anilines is 1. The number of aliphatic hydroxyl groups excluding tert-OH is 3. The number of nitrogens with two attached hydrogens (primary N) is 1. The molecule has 0 unspecified atom stereocenters. The van der Waals surface area contributed by atoms with Gasteiger partial charge in [0, 0.05) is 6.20 Å². The van der Waals surface area contributed by atoms with Crippen LogP contribution in [0.3, 0.4) is 0 Å². The fraction of sp³-hybridized carbons (Fsp3) is 0.357. The molecule has 4 heterocycles. The van der Waals surface area contributed by atoms with Crippen LogP contribution in [-0.2, 0) is 4.74 Å². The van der Waals surface area contributed by atoms with Gasteiger partial charge < -0.3 is 30.8 Å². The van der Waals surface area contributed by atoms with Crippen molar-refractivity contribution < 1.29 is 20.1 Å². The highest BCUT2D eigenvalue weighted by atomic mass is 16.6. The highest BCUT2D eigenvalue weighted by Gasteiger charge is 2.43. The number of H-pyrrole nitrogens is 1. The first kappa shape index (κ1) is 17.9. The van der Waals surface area contributed by atoms with E-state index in [-0.39, 0.29) is 5.82 Å². The van der Waals surface area contributed by atoms with E-state index in [2.05, 4.69) is 24.9 Å². The number of imidazole rings is 1. The van der Waals surface area contributed by atoms with Gasteiger partial charge in [-0.05, 0) is 6.07 Å². The fourth-order valence-electron chi connectivity index (χ4n) is 2.42. The summed E-state index contributed by atoms with van der Waals surface area (Å²) in [6.07, 6.45) is 1.50. The van der Waals surface area contributed by atoms with Crippen molar-refractivity contribution in [2.24, 2.45) is 0 Å². The standard InChI is InChI=1S/C9H13N3O5.C5H4N4/c10-5-1-2-12(9(16)11-5)8-7(15)6(14)4(3-13)17-8;1-4-5(8-2-6-1)9-3-7-4/h1-2,4,6-8,13-15H,3H2,(H2,10,11,16);1-3H,(H,6,7,8,9)/t4-,6-,7-,8-;/m1./s1. The van der Waals surface area contributed by atoms with Crippen LogP contribution in [-0.4, -0.2) is 69.7 Å². The summed E-state index contributed by atoms with van der Waals surface area (Å²) in [5, 5.41) is 28.2. The van der Waals surface area contributed by atoms with E-state index in [1.54, 1.807) is 12.5 Å². The molecule has 1 fully saturated rings. The topological polar surface area (TPSA) is 185 Å². The predicted octanol–water partition coefficient (Wildman–Crippen LogP) is -2.21. The first-order valence-electron chi connectivity index (χ1n) is 7.57. The number of hydrogen-bond donors (Lipinski definition) is 5. The summed E-state index contributed by atoms with van der Waals surface area (Å²) in [7, 11) is 0. The maximum Gasteiger partial charge on any atom is 0.351 e. The quantitative estimate of drug-likeness (QED) is 0.334. The predicted molar refractivity (Wildman–Crippen MR) is 87.6 cm³/mol. The Labute approximate surface area is 146 Å². The number of aromatic nitrogens is 6. The lowest BCUT2D eigenvalue weighted by molar-refractivity contribution is -0.0549. The number of ether oxygens (including phenoxy) is 1. The summed E-state index contributed by atoms with van der Waals surface area (Å²) in [4.78, 5) is 29.5. The number of fused-ring (bicyclic) bond motifs is 1. The van der Waals surface area contributed by atoms with Crippen molar-refractivity contribution in [3.8, 4) is 0 Å². The zero-order chi connectivity index (χ0) is 18.7. The van der Waals surface area contributed by atoms with Crippen molar-refractivity contribution in [2.45, 2.75) is 24.5 Å². The van der Waals surface area contributed by atoms with Crippen LogP contribution in [0.25, 0.3) is 11.2 Å². The molecule has 1 aliphatic heterocycles. The van der Waals surface area contributed by atoms with Crippen LogP contribution in [0.15, 0.2) is 35.9 Å². The van der Waals surface area contributed by atoms with E-state index in [0.717, 1.165) is 10.1 Å². The zero-order valence-electron chi connectivity index (χ0n) is 13.4. The van der Waals surface area contributed by atoms with Crippen molar-refractivity contribution in [2.75, 3.05) is 12.3 Å². The van der Waals surface area contributed by atoms with Gasteiger partial charge in [-0.1, -0.05) is 0 Å². The highest BCUT2D eigenvalue weighted by molar-refractivity contribution is 5.67. The van der Waals surface area contributed by atoms with Crippen LogP contribution in [0.5, 0.6) is 0 Å². The fourth-order valence-corrected chi connectivity index (χ4v) is 2.42. The molecule has 0 aliphatic carbocycles. The van der Waals surface area contributed by atoms with E-state index < -0.39 is 36.8 Å². The number of hydrogen-bond acceptors (Lipinski definition) is 10. The van der Waals surface area contributed by atoms with Crippen LogP contribution >= 0.6 is 0 Å². The van der Waals surface area contributed by atoms with Gasteiger partial charge in [-0.25, -0.2) is 19.7 Å². The van der Waals surface area contributed by atoms with E-state index in [4.69, 9.17) is 15.6 Å². The largest absolute Gasteiger partial charge is 0.394 e. The van der Waals surface area contributed by atoms with Crippen LogP contribution in [0.4, 0.5) is 5.82 Å². The summed E-state index contributed by atoms with van der Waals surface area (Å²) >= 11 is 0. The van der Waals surface area contributed by atoms with Crippen molar-refractivity contribution in [1.29, 1.82) is 0 Å². The van der Waals surface area contributed by atoms with Gasteiger partial charge in [0.1, 0.15) is 36.0 Å². The van der Waals surface area contributed by atoms with Gasteiger partial charge in [0.05, 0.1) is 19.1 Å². The maximum atomic E-state index is 11.5. The maximum absolute atomic E-state index is 11.5. The minimum absolute atomic E-state index is 0.0537. The van der Waals surface area contributed by atoms with Crippen molar-refractivity contribution in [3.63, 3.8) is 0 Å². The summed E-state index contributed by atoms with van der Waals surface area (Å²) in [5.74, 6) is 0.0537. The molecule has 0 spiro atoms. The van der Waals surface area contributed by atoms with Crippen molar-refractivity contribution >= 4 is 17.0 Å². The zero-order valence-corrected chi connectivity index (χ0v) is 13.4. The smallest absolute Gasteiger partial charge is 0.351 e. The number of aromatic amines is 1. The summed E-state index contributed by atoms with van der Waals surface area (Å²) in [6.45, 7) is -0.453. The van der Waals surface area contributed by atoms with Gasteiger partial charge in [-0.2, -0.15) is 4.98 Å². The first-order chi connectivity index (χ1) is 12.5. The van der Waals surface area contributed by atoms with Crippen LogP contribution in [0.1, 0.15) is 6.23 Å². The third kappa shape index (κ3) is 3.52. The molecule has 12 heteroatoms. The number of aliphatic hydroxyl groups is 3. The summed E-state index contributed by atoms with van der Waals surface area (Å²) in [6, 6.07) is 1.37. The van der Waals surface area contributed by atoms with Gasteiger partial charge in [0.25, 0.3) is 0 Å². The molecule has 0 bridgehead atoms. The lowest BCUT2D eigenvalue weighted by Crippen LogP contribution is -2.36. The third-order valence-electron chi connectivity index (χ3n) is 3.74. The van der Waals surface area contributed by atoms with Gasteiger partial charge in [-0.15, -0.1) is 0 Å². The molecule has 0 radical (unpaired) electrons. The Hall–Kier alpha value is -2.93. The van der Waals surface area contributed by atoms with Gasteiger partial charge in [0.2, 0.25) is 0 Å². The Morgan fingerprint density at radius 2 is 2.12 bits per heavy atom. The molecule has 6 N–H and O–H groups in total. The van der Waals surface area contributed by atoms with Crippen molar-refractivity contribution in [1.82, 2.24) is 29.5 Å². The van der Waals surface area contributed by atoms with Gasteiger partial charge in [0.15, 0.2) is 11.9 Å². The number of nitrogen functional groups attached to an aromatic ring is 1. The second-order valence-electron chi connectivity index (χ2n) is 5.43. The monoisotopic (exact) mass is 363 g/mol. The average Bonchev–Trinajstić information content (AvgIpc) is 3.22. The lowest BCUT2D eigenvalue weighted by atomic mass is 10.1. The minimum atomic E-state index is -1.31. The van der Waals surface area contributed by atoms with E-state index in [1.165, 1.54) is 18.6 Å². The Morgan fingerprint density at radius 3 is 2.77 bits per heavy atom. The third-order valence-corrected chi connectivity index (χ3v) is 3.74. The van der Waals surface area contributed by atoms with Crippen LogP contribution in [0.2, 0.25) is 0 Å². The molecule has 12 nitrogen and oxygen atoms in total. The number of nitrogens with one attached hydrogen (secondary N) is 1. The molecular formula is C14H17N7O5. The second kappa shape index (κ2) is 7.53. The number of nitrogens with zero attached hydrogens (tertiary/aromatic N) is 5. The molecule has 0 aromatic carbocycles. The Balaban J connectivity index is 0.000000181. The molecule has 1 aliphatic rings. The molecule has 26 heavy (non-hydrogen) atoms. The SMILES string of the molecule is Nc1ccn([C@@H]2O[C@H](CO)[C@@H](O)[C@H]2O)c(=O)n1.c1ncc2[nH]cnc2n1. The Kier molecular flexibility index (Phi) is 5.18. The summed E-state index contributed by atoms with van der Waals surface area (Å²) < 4.78 is 6.19. The van der Waals surface area contributed by atoms with E-state index in [0.29, 0.717) is 5.65 Å². The minimum Gasteiger partial charge on any atom is -0.394 e. The second-order valence-corrected chi connectivity index (χ2v) is 5.43. The van der Waals surface area contributed by atoms with Crippen LogP contribution < -0.4 is 11.4 Å². The van der Waals surface area contributed by atoms with E-state index in [1.807, 2.05) is 0 Å². The van der Waals surface area contributed by atoms with Gasteiger partial charge >= 0.3 is 5.69 Å². The molecule has 0 amide bonds. The highest BCUT2D eigenvalue weighted by Crippen LogP contribution is 2.27. The van der Waals surface area contributed by atoms with Gasteiger partial charge in [-0.3, -0.25) is 4.57 Å². The first-order valence-corrected chi connectivity index (χ1v) is 7.57. The molecular weight excluding hydrogens is 346 g/mol. The van der Waals surface area contributed by atoms with Crippen LogP contribution in [0, 0.1) is 0 Å².